The molecule has 7 heteroatoms. The van der Waals surface area contributed by atoms with Crippen LogP contribution in [-0.2, 0) is 24.9 Å². The van der Waals surface area contributed by atoms with Crippen LogP contribution in [0.2, 0.25) is 0 Å². The van der Waals surface area contributed by atoms with Gasteiger partial charge in [0.25, 0.3) is 0 Å². The van der Waals surface area contributed by atoms with E-state index in [0.29, 0.717) is 13.1 Å². The number of hydrogen-bond acceptors (Lipinski definition) is 4. The molecule has 20 heavy (non-hydrogen) atoms. The molecule has 0 radical (unpaired) electrons. The van der Waals surface area contributed by atoms with Crippen LogP contribution < -0.4 is 0 Å². The van der Waals surface area contributed by atoms with Gasteiger partial charge in [-0.15, -0.1) is 0 Å². The Morgan fingerprint density at radius 3 is 2.75 bits per heavy atom. The molecule has 1 aromatic heterocycles. The number of carboxylic acids is 1. The van der Waals surface area contributed by atoms with Gasteiger partial charge in [0, 0.05) is 18.1 Å². The summed E-state index contributed by atoms with van der Waals surface area (Å²) < 4.78 is 2.61. The molecule has 0 saturated carbocycles. The van der Waals surface area contributed by atoms with E-state index in [0.717, 1.165) is 15.9 Å². The van der Waals surface area contributed by atoms with Crippen molar-refractivity contribution in [3.63, 3.8) is 0 Å². The first-order valence-electron chi connectivity index (χ1n) is 6.06. The van der Waals surface area contributed by atoms with Crippen molar-refractivity contribution in [1.82, 2.24) is 19.7 Å². The van der Waals surface area contributed by atoms with E-state index in [1.807, 2.05) is 29.2 Å². The zero-order valence-electron chi connectivity index (χ0n) is 11.0. The lowest BCUT2D eigenvalue weighted by atomic mass is 10.2. The molecule has 0 amide bonds. The van der Waals surface area contributed by atoms with Crippen LogP contribution in [0.25, 0.3) is 0 Å². The number of aromatic nitrogens is 3. The number of halogens is 1. The Bertz CT molecular complexity index is 600. The van der Waals surface area contributed by atoms with Crippen LogP contribution in [0.4, 0.5) is 0 Å². The number of aliphatic carboxylic acids is 1. The highest BCUT2D eigenvalue weighted by molar-refractivity contribution is 9.10. The molecule has 0 aliphatic carbocycles. The quantitative estimate of drug-likeness (QED) is 0.867. The fraction of sp³-hybridized carbons (Fsp3) is 0.308. The lowest BCUT2D eigenvalue weighted by molar-refractivity contribution is -0.138. The van der Waals surface area contributed by atoms with E-state index in [4.69, 9.17) is 5.11 Å². The Morgan fingerprint density at radius 2 is 2.15 bits per heavy atom. The summed E-state index contributed by atoms with van der Waals surface area (Å²) in [4.78, 5) is 16.9. The van der Waals surface area contributed by atoms with Gasteiger partial charge in [-0.1, -0.05) is 34.1 Å². The van der Waals surface area contributed by atoms with Crippen LogP contribution in [0, 0.1) is 0 Å². The number of benzene rings is 1. The van der Waals surface area contributed by atoms with Crippen molar-refractivity contribution in [3.05, 3.63) is 46.5 Å². The van der Waals surface area contributed by atoms with Gasteiger partial charge in [-0.3, -0.25) is 14.4 Å². The molecule has 1 aromatic carbocycles. The third-order valence-electron chi connectivity index (χ3n) is 2.88. The van der Waals surface area contributed by atoms with Crippen LogP contribution in [-0.4, -0.2) is 37.3 Å². The average Bonchev–Trinajstić information content (AvgIpc) is 2.77. The van der Waals surface area contributed by atoms with Gasteiger partial charge >= 0.3 is 5.97 Å². The summed E-state index contributed by atoms with van der Waals surface area (Å²) in [6.45, 7) is 0.916. The molecule has 6 nitrogen and oxygen atoms in total. The van der Waals surface area contributed by atoms with Gasteiger partial charge in [-0.25, -0.2) is 4.98 Å². The number of hydrogen-bond donors (Lipinski definition) is 1. The molecule has 106 valence electrons. The highest BCUT2D eigenvalue weighted by Crippen LogP contribution is 2.18. The normalized spacial score (nSPS) is 10.9. The van der Waals surface area contributed by atoms with Crippen molar-refractivity contribution >= 4 is 21.9 Å². The number of carbonyl (C=O) groups is 1. The Balaban J connectivity index is 2.14. The highest BCUT2D eigenvalue weighted by Gasteiger charge is 2.14. The van der Waals surface area contributed by atoms with Crippen molar-refractivity contribution in [2.24, 2.45) is 7.05 Å². The molecule has 0 saturated heterocycles. The predicted molar refractivity (Wildman–Crippen MR) is 76.9 cm³/mol. The second-order valence-electron chi connectivity index (χ2n) is 4.43. The van der Waals surface area contributed by atoms with Crippen LogP contribution in [0.5, 0.6) is 0 Å². The highest BCUT2D eigenvalue weighted by atomic mass is 79.9. The van der Waals surface area contributed by atoms with E-state index in [1.165, 1.54) is 6.33 Å². The molecule has 0 atom stereocenters. The van der Waals surface area contributed by atoms with E-state index in [1.54, 1.807) is 11.7 Å². The molecular weight excluding hydrogens is 324 g/mol. The molecule has 2 rings (SSSR count). The minimum Gasteiger partial charge on any atom is -0.480 e. The first-order valence-corrected chi connectivity index (χ1v) is 6.86. The largest absolute Gasteiger partial charge is 0.480 e. The van der Waals surface area contributed by atoms with E-state index < -0.39 is 5.97 Å². The van der Waals surface area contributed by atoms with E-state index in [-0.39, 0.29) is 6.54 Å². The van der Waals surface area contributed by atoms with Crippen LogP contribution in [0.15, 0.2) is 35.1 Å². The zero-order valence-corrected chi connectivity index (χ0v) is 12.6. The molecular formula is C13H15BrN4O2. The monoisotopic (exact) mass is 338 g/mol. The fourth-order valence-electron chi connectivity index (χ4n) is 1.89. The van der Waals surface area contributed by atoms with Crippen LogP contribution in [0.1, 0.15) is 11.4 Å². The Morgan fingerprint density at radius 1 is 1.40 bits per heavy atom. The lowest BCUT2D eigenvalue weighted by Gasteiger charge is -2.20. The predicted octanol–water partition coefficient (Wildman–Crippen LogP) is 1.66. The second kappa shape index (κ2) is 6.62. The number of carboxylic acid groups (broad SMARTS) is 1. The standard InChI is InChI=1S/C13H15BrN4O2/c1-17-12(15-9-16-17)7-18(8-13(19)20)6-10-4-2-3-5-11(10)14/h2-5,9H,6-8H2,1H3,(H,19,20). The number of rotatable bonds is 6. The molecule has 0 aliphatic rings. The maximum Gasteiger partial charge on any atom is 0.317 e. The SMILES string of the molecule is Cn1ncnc1CN(CC(=O)O)Cc1ccccc1Br. The van der Waals surface area contributed by atoms with Gasteiger partial charge in [-0.2, -0.15) is 5.10 Å². The number of aryl methyl sites for hydroxylation is 1. The first-order chi connectivity index (χ1) is 9.56. The van der Waals surface area contributed by atoms with E-state index >= 15 is 0 Å². The maximum absolute atomic E-state index is 11.0. The summed E-state index contributed by atoms with van der Waals surface area (Å²) in [7, 11) is 1.79. The van der Waals surface area contributed by atoms with Gasteiger partial charge in [0.15, 0.2) is 0 Å². The van der Waals surface area contributed by atoms with E-state index in [9.17, 15) is 4.79 Å². The van der Waals surface area contributed by atoms with Gasteiger partial charge in [0.1, 0.15) is 12.2 Å². The molecule has 1 heterocycles. The molecule has 0 spiro atoms. The van der Waals surface area contributed by atoms with Crippen LogP contribution in [0.3, 0.4) is 0 Å². The third kappa shape index (κ3) is 3.88. The van der Waals surface area contributed by atoms with Crippen LogP contribution >= 0.6 is 15.9 Å². The third-order valence-corrected chi connectivity index (χ3v) is 3.65. The molecule has 1 N–H and O–H groups in total. The van der Waals surface area contributed by atoms with E-state index in [2.05, 4.69) is 26.0 Å². The van der Waals surface area contributed by atoms with Crippen molar-refractivity contribution < 1.29 is 9.90 Å². The smallest absolute Gasteiger partial charge is 0.317 e. The zero-order chi connectivity index (χ0) is 14.5. The van der Waals surface area contributed by atoms with Crippen molar-refractivity contribution in [1.29, 1.82) is 0 Å². The lowest BCUT2D eigenvalue weighted by Crippen LogP contribution is -2.30. The Hall–Kier alpha value is -1.73. The van der Waals surface area contributed by atoms with Gasteiger partial charge in [-0.05, 0) is 11.6 Å². The van der Waals surface area contributed by atoms with Gasteiger partial charge in [0.05, 0.1) is 13.1 Å². The minimum absolute atomic E-state index is 0.0474. The van der Waals surface area contributed by atoms with Crippen molar-refractivity contribution in [2.45, 2.75) is 13.1 Å². The maximum atomic E-state index is 11.0. The summed E-state index contributed by atoms with van der Waals surface area (Å²) >= 11 is 3.48. The van der Waals surface area contributed by atoms with Crippen molar-refractivity contribution in [3.8, 4) is 0 Å². The summed E-state index contributed by atoms with van der Waals surface area (Å²) in [5, 5.41) is 13.0. The first kappa shape index (κ1) is 14.7. The van der Waals surface area contributed by atoms with Crippen molar-refractivity contribution in [2.75, 3.05) is 6.54 Å². The average molecular weight is 339 g/mol. The molecule has 0 aliphatic heterocycles. The van der Waals surface area contributed by atoms with Gasteiger partial charge < -0.3 is 5.11 Å². The summed E-state index contributed by atoms with van der Waals surface area (Å²) in [6.07, 6.45) is 1.46. The molecule has 0 fully saturated rings. The topological polar surface area (TPSA) is 71.2 Å². The Kier molecular flexibility index (Phi) is 4.86. The summed E-state index contributed by atoms with van der Waals surface area (Å²) in [5.74, 6) is -0.127. The second-order valence-corrected chi connectivity index (χ2v) is 5.28. The number of nitrogens with zero attached hydrogens (tertiary/aromatic N) is 4. The van der Waals surface area contributed by atoms with Gasteiger partial charge in [0.2, 0.25) is 0 Å². The fourth-order valence-corrected chi connectivity index (χ4v) is 2.30. The summed E-state index contributed by atoms with van der Waals surface area (Å²) in [6, 6.07) is 7.77. The molecule has 2 aromatic rings. The molecule has 0 unspecified atom stereocenters. The Labute approximate surface area is 125 Å². The molecule has 0 bridgehead atoms. The summed E-state index contributed by atoms with van der Waals surface area (Å²) in [5.41, 5.74) is 1.04. The minimum atomic E-state index is -0.862.